The Kier molecular flexibility index (Phi) is 4.35. The molecule has 0 N–H and O–H groups in total. The Balaban J connectivity index is 3.33. The zero-order valence-electron chi connectivity index (χ0n) is 9.94. The van der Waals surface area contributed by atoms with E-state index in [-0.39, 0.29) is 18.0 Å². The van der Waals surface area contributed by atoms with Gasteiger partial charge in [-0.3, -0.25) is 4.79 Å². The summed E-state index contributed by atoms with van der Waals surface area (Å²) in [5.41, 5.74) is 0.312. The van der Waals surface area contributed by atoms with E-state index in [9.17, 15) is 4.79 Å². The van der Waals surface area contributed by atoms with Crippen molar-refractivity contribution >= 4 is 5.78 Å². The van der Waals surface area contributed by atoms with Gasteiger partial charge >= 0.3 is 0 Å². The molecule has 1 aromatic rings. The van der Waals surface area contributed by atoms with Gasteiger partial charge in [-0.2, -0.15) is 5.26 Å². The third-order valence-electron chi connectivity index (χ3n) is 2.24. The van der Waals surface area contributed by atoms with Crippen molar-refractivity contribution in [3.63, 3.8) is 0 Å². The van der Waals surface area contributed by atoms with Crippen LogP contribution >= 0.6 is 0 Å². The van der Waals surface area contributed by atoms with Crippen LogP contribution in [0.3, 0.4) is 0 Å². The molecule has 0 saturated carbocycles. The van der Waals surface area contributed by atoms with Gasteiger partial charge in [-0.15, -0.1) is 0 Å². The third kappa shape index (κ3) is 2.48. The second kappa shape index (κ2) is 5.75. The lowest BCUT2D eigenvalue weighted by Gasteiger charge is -2.14. The van der Waals surface area contributed by atoms with Gasteiger partial charge < -0.3 is 14.2 Å². The molecule has 0 radical (unpaired) electrons. The van der Waals surface area contributed by atoms with E-state index in [1.54, 1.807) is 18.2 Å². The zero-order valence-corrected chi connectivity index (χ0v) is 9.94. The van der Waals surface area contributed by atoms with Crippen LogP contribution in [0.4, 0.5) is 0 Å². The molecule has 0 fully saturated rings. The molecule has 0 aromatic heterocycles. The molecule has 1 rings (SSSR count). The summed E-state index contributed by atoms with van der Waals surface area (Å²) in [4.78, 5) is 11.7. The quantitative estimate of drug-likeness (QED) is 0.728. The molecular weight excluding hydrogens is 222 g/mol. The van der Waals surface area contributed by atoms with Crippen LogP contribution in [0.1, 0.15) is 16.8 Å². The Morgan fingerprint density at radius 1 is 1.18 bits per heavy atom. The standard InChI is InChI=1S/C12H13NO4/c1-15-10-5-4-8(9(14)6-7-13)11(16-2)12(10)17-3/h4-5H,6H2,1-3H3. The highest BCUT2D eigenvalue weighted by Gasteiger charge is 2.19. The van der Waals surface area contributed by atoms with Crippen LogP contribution in [0.2, 0.25) is 0 Å². The van der Waals surface area contributed by atoms with Crippen LogP contribution in [-0.4, -0.2) is 27.1 Å². The summed E-state index contributed by atoms with van der Waals surface area (Å²) in [5.74, 6) is 0.786. The number of hydrogen-bond donors (Lipinski definition) is 0. The lowest BCUT2D eigenvalue weighted by Crippen LogP contribution is -2.04. The fraction of sp³-hybridized carbons (Fsp3) is 0.333. The molecule has 0 unspecified atom stereocenters. The first-order valence-corrected chi connectivity index (χ1v) is 4.88. The molecule has 1 aromatic carbocycles. The number of benzene rings is 1. The summed E-state index contributed by atoms with van der Waals surface area (Å²) in [6.45, 7) is 0. The molecule has 0 aliphatic rings. The maximum atomic E-state index is 11.7. The smallest absolute Gasteiger partial charge is 0.204 e. The van der Waals surface area contributed by atoms with Crippen molar-refractivity contribution in [1.29, 1.82) is 5.26 Å². The molecule has 0 amide bonds. The lowest BCUT2D eigenvalue weighted by atomic mass is 10.1. The van der Waals surface area contributed by atoms with Gasteiger partial charge in [0.25, 0.3) is 0 Å². The maximum Gasteiger partial charge on any atom is 0.204 e. The average molecular weight is 235 g/mol. The molecule has 0 aliphatic heterocycles. The van der Waals surface area contributed by atoms with E-state index in [4.69, 9.17) is 19.5 Å². The first-order valence-electron chi connectivity index (χ1n) is 4.88. The average Bonchev–Trinajstić information content (AvgIpc) is 2.36. The minimum absolute atomic E-state index is 0.203. The van der Waals surface area contributed by atoms with Crippen LogP contribution in [0.15, 0.2) is 12.1 Å². The Morgan fingerprint density at radius 2 is 1.82 bits per heavy atom. The number of rotatable bonds is 5. The molecule has 0 saturated heterocycles. The van der Waals surface area contributed by atoms with Gasteiger partial charge in [0, 0.05) is 0 Å². The van der Waals surface area contributed by atoms with Gasteiger partial charge in [0.2, 0.25) is 5.75 Å². The van der Waals surface area contributed by atoms with E-state index >= 15 is 0 Å². The molecule has 0 bridgehead atoms. The predicted molar refractivity (Wildman–Crippen MR) is 60.7 cm³/mol. The molecular formula is C12H13NO4. The summed E-state index contributed by atoms with van der Waals surface area (Å²) in [7, 11) is 4.38. The number of ketones is 1. The number of methoxy groups -OCH3 is 3. The van der Waals surface area contributed by atoms with Crippen molar-refractivity contribution in [3.8, 4) is 23.3 Å². The minimum Gasteiger partial charge on any atom is -0.493 e. The molecule has 0 heterocycles. The van der Waals surface area contributed by atoms with Crippen LogP contribution in [0.25, 0.3) is 0 Å². The normalized spacial score (nSPS) is 9.29. The summed E-state index contributed by atoms with van der Waals surface area (Å²) in [6.07, 6.45) is -0.203. The Morgan fingerprint density at radius 3 is 2.29 bits per heavy atom. The second-order valence-corrected chi connectivity index (χ2v) is 3.14. The van der Waals surface area contributed by atoms with E-state index in [0.29, 0.717) is 17.1 Å². The maximum absolute atomic E-state index is 11.7. The number of Topliss-reactive ketones (excluding diaryl/α,β-unsaturated/α-hetero) is 1. The summed E-state index contributed by atoms with van der Waals surface area (Å²) >= 11 is 0. The first kappa shape index (κ1) is 12.8. The second-order valence-electron chi connectivity index (χ2n) is 3.14. The SMILES string of the molecule is COc1ccc(C(=O)CC#N)c(OC)c1OC. The van der Waals surface area contributed by atoms with Crippen LogP contribution in [0, 0.1) is 11.3 Å². The van der Waals surface area contributed by atoms with E-state index < -0.39 is 0 Å². The molecule has 0 aliphatic carbocycles. The van der Waals surface area contributed by atoms with Gasteiger partial charge in [0.15, 0.2) is 17.3 Å². The number of nitrogens with zero attached hydrogens (tertiary/aromatic N) is 1. The zero-order chi connectivity index (χ0) is 12.8. The Bertz CT molecular complexity index is 462. The van der Waals surface area contributed by atoms with Crippen LogP contribution in [0.5, 0.6) is 17.2 Å². The van der Waals surface area contributed by atoms with Gasteiger partial charge in [-0.1, -0.05) is 0 Å². The largest absolute Gasteiger partial charge is 0.493 e. The number of hydrogen-bond acceptors (Lipinski definition) is 5. The number of carbonyl (C=O) groups is 1. The minimum atomic E-state index is -0.315. The monoisotopic (exact) mass is 235 g/mol. The number of ether oxygens (including phenoxy) is 3. The third-order valence-corrected chi connectivity index (χ3v) is 2.24. The molecule has 5 heteroatoms. The highest BCUT2D eigenvalue weighted by Crippen LogP contribution is 2.40. The summed E-state index contributed by atoms with van der Waals surface area (Å²) in [5, 5.41) is 8.52. The van der Waals surface area contributed by atoms with E-state index in [2.05, 4.69) is 0 Å². The molecule has 17 heavy (non-hydrogen) atoms. The topological polar surface area (TPSA) is 68.6 Å². The molecule has 0 spiro atoms. The van der Waals surface area contributed by atoms with Crippen molar-refractivity contribution in [2.45, 2.75) is 6.42 Å². The van der Waals surface area contributed by atoms with E-state index in [1.807, 2.05) is 0 Å². The van der Waals surface area contributed by atoms with Crippen LogP contribution < -0.4 is 14.2 Å². The van der Waals surface area contributed by atoms with Crippen molar-refractivity contribution in [1.82, 2.24) is 0 Å². The van der Waals surface area contributed by atoms with Crippen molar-refractivity contribution < 1.29 is 19.0 Å². The predicted octanol–water partition coefficient (Wildman–Crippen LogP) is 1.81. The van der Waals surface area contributed by atoms with Crippen molar-refractivity contribution in [2.75, 3.05) is 21.3 Å². The van der Waals surface area contributed by atoms with Crippen molar-refractivity contribution in [2.24, 2.45) is 0 Å². The summed E-state index contributed by atoms with van der Waals surface area (Å²) < 4.78 is 15.4. The molecule has 90 valence electrons. The van der Waals surface area contributed by atoms with E-state index in [0.717, 1.165) is 0 Å². The first-order chi connectivity index (χ1) is 8.19. The Labute approximate surface area is 99.5 Å². The van der Waals surface area contributed by atoms with Gasteiger partial charge in [-0.05, 0) is 12.1 Å². The van der Waals surface area contributed by atoms with Crippen LogP contribution in [-0.2, 0) is 0 Å². The highest BCUT2D eigenvalue weighted by molar-refractivity contribution is 6.01. The fourth-order valence-electron chi connectivity index (χ4n) is 1.49. The molecule has 0 atom stereocenters. The number of nitriles is 1. The molecule has 5 nitrogen and oxygen atoms in total. The summed E-state index contributed by atoms with van der Waals surface area (Å²) in [6, 6.07) is 4.96. The van der Waals surface area contributed by atoms with E-state index in [1.165, 1.54) is 21.3 Å². The number of carbonyl (C=O) groups excluding carboxylic acids is 1. The van der Waals surface area contributed by atoms with Gasteiger partial charge in [0.1, 0.15) is 0 Å². The Hall–Kier alpha value is -2.22. The lowest BCUT2D eigenvalue weighted by molar-refractivity contribution is 0.0994. The fourth-order valence-corrected chi connectivity index (χ4v) is 1.49. The van der Waals surface area contributed by atoms with Gasteiger partial charge in [-0.25, -0.2) is 0 Å². The van der Waals surface area contributed by atoms with Gasteiger partial charge in [0.05, 0.1) is 39.4 Å². The van der Waals surface area contributed by atoms with Crippen molar-refractivity contribution in [3.05, 3.63) is 17.7 Å². The highest BCUT2D eigenvalue weighted by atomic mass is 16.5.